The first kappa shape index (κ1) is 25.3. The maximum absolute atomic E-state index is 11.5. The molecule has 0 saturated carbocycles. The van der Waals surface area contributed by atoms with Gasteiger partial charge >= 0.3 is 0 Å². The highest BCUT2D eigenvalue weighted by Gasteiger charge is 2.22. The highest BCUT2D eigenvalue weighted by molar-refractivity contribution is 6.24. The number of hydrogen-bond donors (Lipinski definition) is 2. The maximum atomic E-state index is 11.5. The molecule has 0 unspecified atom stereocenters. The van der Waals surface area contributed by atoms with Crippen LogP contribution in [0.15, 0.2) is 72.9 Å². The Kier molecular flexibility index (Phi) is 7.38. The summed E-state index contributed by atoms with van der Waals surface area (Å²) in [6, 6.07) is 19.6. The average molecular weight is 527 g/mol. The Morgan fingerprint density at radius 2 is 1.23 bits per heavy atom. The number of nitrogens with one attached hydrogen (secondary N) is 2. The molecular weight excluding hydrogens is 496 g/mol. The summed E-state index contributed by atoms with van der Waals surface area (Å²) in [6.07, 6.45) is 4.61. The first-order valence-corrected chi connectivity index (χ1v) is 13.1. The molecular formula is C30H30N4O5. The zero-order chi connectivity index (χ0) is 26.6. The van der Waals surface area contributed by atoms with Crippen LogP contribution in [0.3, 0.4) is 0 Å². The van der Waals surface area contributed by atoms with E-state index >= 15 is 0 Å². The molecule has 2 N–H and O–H groups in total. The van der Waals surface area contributed by atoms with Crippen molar-refractivity contribution < 1.29 is 23.8 Å². The third-order valence-electron chi connectivity index (χ3n) is 7.02. The molecule has 2 aliphatic rings. The molecule has 4 aromatic carbocycles. The van der Waals surface area contributed by atoms with Gasteiger partial charge in [-0.2, -0.15) is 0 Å². The van der Waals surface area contributed by atoms with Gasteiger partial charge < -0.3 is 19.6 Å². The summed E-state index contributed by atoms with van der Waals surface area (Å²) in [4.78, 5) is 24.1. The topological polar surface area (TPSA) is 92.4 Å². The van der Waals surface area contributed by atoms with Crippen molar-refractivity contribution in [2.45, 2.75) is 0 Å². The van der Waals surface area contributed by atoms with Gasteiger partial charge in [0.2, 0.25) is 0 Å². The quantitative estimate of drug-likeness (QED) is 0.156. The lowest BCUT2D eigenvalue weighted by atomic mass is 9.91. The number of carbonyl (C=O) groups excluding carboxylic acids is 2. The van der Waals surface area contributed by atoms with E-state index in [2.05, 4.69) is 71.8 Å². The van der Waals surface area contributed by atoms with Crippen LogP contribution in [0.5, 0.6) is 0 Å². The lowest BCUT2D eigenvalue weighted by molar-refractivity contribution is -0.137. The Morgan fingerprint density at radius 3 is 1.95 bits per heavy atom. The van der Waals surface area contributed by atoms with Crippen LogP contribution < -0.4 is 11.0 Å². The van der Waals surface area contributed by atoms with Crippen LogP contribution in [0.1, 0.15) is 5.56 Å². The number of nitrogens with zero attached hydrogens (tertiary/aromatic N) is 2. The van der Waals surface area contributed by atoms with Crippen molar-refractivity contribution >= 4 is 49.8 Å². The lowest BCUT2D eigenvalue weighted by Crippen LogP contribution is -2.38. The normalized spacial score (nSPS) is 15.4. The van der Waals surface area contributed by atoms with Crippen LogP contribution in [-0.4, -0.2) is 74.5 Å². The van der Waals surface area contributed by atoms with E-state index in [4.69, 9.17) is 14.2 Å². The van der Waals surface area contributed by atoms with Crippen molar-refractivity contribution in [1.82, 2.24) is 20.9 Å². The van der Waals surface area contributed by atoms with Gasteiger partial charge in [-0.25, -0.2) is 0 Å². The fourth-order valence-corrected chi connectivity index (χ4v) is 5.09. The van der Waals surface area contributed by atoms with Crippen molar-refractivity contribution in [2.75, 3.05) is 52.7 Å². The predicted molar refractivity (Wildman–Crippen MR) is 149 cm³/mol. The molecule has 0 bridgehead atoms. The van der Waals surface area contributed by atoms with E-state index in [1.54, 1.807) is 0 Å². The van der Waals surface area contributed by atoms with E-state index in [1.807, 2.05) is 5.01 Å². The number of amides is 2. The Labute approximate surface area is 225 Å². The Hall–Kier alpha value is -4.02. The first-order valence-electron chi connectivity index (χ1n) is 13.1. The minimum Gasteiger partial charge on any atom is -0.377 e. The lowest BCUT2D eigenvalue weighted by Gasteiger charge is -2.15. The molecule has 0 aromatic heterocycles. The predicted octanol–water partition coefficient (Wildman–Crippen LogP) is 3.18. The molecule has 2 amide bonds. The number of ether oxygens (including phenoxy) is 3. The number of hydrazine groups is 2. The summed E-state index contributed by atoms with van der Waals surface area (Å²) >= 11 is 0. The van der Waals surface area contributed by atoms with Crippen LogP contribution >= 0.6 is 0 Å². The highest BCUT2D eigenvalue weighted by Crippen LogP contribution is 2.37. The van der Waals surface area contributed by atoms with Gasteiger partial charge in [0.1, 0.15) is 0 Å². The summed E-state index contributed by atoms with van der Waals surface area (Å²) in [5, 5.41) is 9.58. The molecule has 4 aromatic rings. The van der Waals surface area contributed by atoms with E-state index < -0.39 is 0 Å². The second-order valence-corrected chi connectivity index (χ2v) is 9.44. The SMILES string of the molecule is O=C1C=CC(=O)N1CCOCCOCCOCCN1C=C(c2ccc3ccc4cccc5ccc2c3c45)NN1. The summed E-state index contributed by atoms with van der Waals surface area (Å²) in [7, 11) is 0. The zero-order valence-electron chi connectivity index (χ0n) is 21.5. The first-order chi connectivity index (χ1) is 19.2. The van der Waals surface area contributed by atoms with Crippen LogP contribution in [0.4, 0.5) is 0 Å². The maximum Gasteiger partial charge on any atom is 0.253 e. The van der Waals surface area contributed by atoms with Crippen LogP contribution in [0.25, 0.3) is 38.0 Å². The van der Waals surface area contributed by atoms with Crippen LogP contribution in [0.2, 0.25) is 0 Å². The second-order valence-electron chi connectivity index (χ2n) is 9.44. The number of hydrogen-bond acceptors (Lipinski definition) is 8. The molecule has 200 valence electrons. The minimum absolute atomic E-state index is 0.250. The molecule has 39 heavy (non-hydrogen) atoms. The smallest absolute Gasteiger partial charge is 0.253 e. The van der Waals surface area contributed by atoms with E-state index in [-0.39, 0.29) is 18.4 Å². The standard InChI is InChI=1S/C30H30N4O5/c35-27-10-11-28(36)34(27)13-15-38-17-19-39-18-16-37-14-12-33-20-26(31-32-33)24-8-6-23-5-4-21-2-1-3-22-7-9-25(24)30(23)29(21)22/h1-11,20,31-32H,12-19H2. The zero-order valence-corrected chi connectivity index (χ0v) is 21.5. The monoisotopic (exact) mass is 526 g/mol. The van der Waals surface area contributed by atoms with E-state index in [1.165, 1.54) is 44.5 Å². The summed E-state index contributed by atoms with van der Waals surface area (Å²) in [5.74, 6) is -0.591. The highest BCUT2D eigenvalue weighted by atomic mass is 16.5. The molecule has 0 atom stereocenters. The van der Waals surface area contributed by atoms with Crippen LogP contribution in [0, 0.1) is 0 Å². The molecule has 6 rings (SSSR count). The van der Waals surface area contributed by atoms with Crippen molar-refractivity contribution in [3.8, 4) is 0 Å². The number of imide groups is 1. The Morgan fingerprint density at radius 1 is 0.641 bits per heavy atom. The summed E-state index contributed by atoms with van der Waals surface area (Å²) in [5.41, 5.74) is 8.68. The Bertz CT molecular complexity index is 1530. The third-order valence-corrected chi connectivity index (χ3v) is 7.02. The van der Waals surface area contributed by atoms with E-state index in [0.717, 1.165) is 16.2 Å². The van der Waals surface area contributed by atoms with Gasteiger partial charge in [0.15, 0.2) is 0 Å². The third kappa shape index (κ3) is 5.30. The van der Waals surface area contributed by atoms with Crippen molar-refractivity contribution in [3.63, 3.8) is 0 Å². The fraction of sp³-hybridized carbons (Fsp3) is 0.267. The van der Waals surface area contributed by atoms with Crippen LogP contribution in [-0.2, 0) is 23.8 Å². The summed E-state index contributed by atoms with van der Waals surface area (Å²) < 4.78 is 16.7. The molecule has 2 heterocycles. The summed E-state index contributed by atoms with van der Waals surface area (Å²) in [6.45, 7) is 3.52. The van der Waals surface area contributed by atoms with Crippen molar-refractivity contribution in [3.05, 3.63) is 78.5 Å². The van der Waals surface area contributed by atoms with Gasteiger partial charge in [-0.1, -0.05) is 54.6 Å². The molecule has 2 aliphatic heterocycles. The second kappa shape index (κ2) is 11.4. The molecule has 0 fully saturated rings. The minimum atomic E-state index is -0.295. The van der Waals surface area contributed by atoms with Crippen molar-refractivity contribution in [1.29, 1.82) is 0 Å². The van der Waals surface area contributed by atoms with Gasteiger partial charge in [-0.3, -0.25) is 19.5 Å². The average Bonchev–Trinajstić information content (AvgIpc) is 3.56. The fourth-order valence-electron chi connectivity index (χ4n) is 5.09. The molecule has 0 saturated heterocycles. The van der Waals surface area contributed by atoms with Gasteiger partial charge in [0.25, 0.3) is 11.8 Å². The molecule has 0 spiro atoms. The molecule has 0 radical (unpaired) electrons. The van der Waals surface area contributed by atoms with Gasteiger partial charge in [0, 0.05) is 23.9 Å². The van der Waals surface area contributed by atoms with Crippen molar-refractivity contribution in [2.24, 2.45) is 0 Å². The van der Waals surface area contributed by atoms with Gasteiger partial charge in [0.05, 0.1) is 58.4 Å². The molecule has 9 heteroatoms. The number of rotatable bonds is 13. The van der Waals surface area contributed by atoms with Gasteiger partial charge in [-0.15, -0.1) is 5.53 Å². The molecule has 9 nitrogen and oxygen atoms in total. The largest absolute Gasteiger partial charge is 0.377 e. The van der Waals surface area contributed by atoms with E-state index in [9.17, 15) is 9.59 Å². The molecule has 0 aliphatic carbocycles. The van der Waals surface area contributed by atoms with E-state index in [0.29, 0.717) is 46.2 Å². The number of carbonyl (C=O) groups is 2. The Balaban J connectivity index is 0.925. The van der Waals surface area contributed by atoms with Gasteiger partial charge in [-0.05, 0) is 32.3 Å². The number of benzene rings is 4.